The van der Waals surface area contributed by atoms with Gasteiger partial charge >= 0.3 is 0 Å². The third-order valence-electron chi connectivity index (χ3n) is 9.38. The van der Waals surface area contributed by atoms with Crippen LogP contribution in [0.5, 0.6) is 0 Å². The molecule has 0 spiro atoms. The Morgan fingerprint density at radius 3 is 1.28 bits per heavy atom. The van der Waals surface area contributed by atoms with Crippen molar-refractivity contribution < 1.29 is 0 Å². The van der Waals surface area contributed by atoms with Gasteiger partial charge in [-0.3, -0.25) is 0 Å². The summed E-state index contributed by atoms with van der Waals surface area (Å²) in [5.41, 5.74) is 7.46. The first kappa shape index (κ1) is 26.0. The fourth-order valence-corrected chi connectivity index (χ4v) is 9.68. The molecule has 214 valence electrons. The van der Waals surface area contributed by atoms with Crippen LogP contribution in [-0.2, 0) is 0 Å². The van der Waals surface area contributed by atoms with Crippen LogP contribution in [0.3, 0.4) is 0 Å². The van der Waals surface area contributed by atoms with E-state index in [-0.39, 0.29) is 0 Å². The molecule has 0 saturated carbocycles. The summed E-state index contributed by atoms with van der Waals surface area (Å²) in [7, 11) is 0. The molecular weight excluding hydrogens is 593 g/mol. The summed E-state index contributed by atoms with van der Waals surface area (Å²) < 4.78 is 5.57. The van der Waals surface area contributed by atoms with Crippen LogP contribution in [0.25, 0.3) is 95.3 Å². The van der Waals surface area contributed by atoms with Gasteiger partial charge in [-0.05, 0) is 114 Å². The molecule has 0 bridgehead atoms. The van der Waals surface area contributed by atoms with Crippen molar-refractivity contribution in [3.63, 3.8) is 0 Å². The molecular formula is C44H26S2. The van der Waals surface area contributed by atoms with E-state index in [2.05, 4.69) is 158 Å². The molecule has 2 aromatic heterocycles. The average molecular weight is 619 g/mol. The molecule has 10 aromatic rings. The minimum absolute atomic E-state index is 1.24. The van der Waals surface area contributed by atoms with Crippen molar-refractivity contribution in [1.29, 1.82) is 0 Å². The Labute approximate surface area is 274 Å². The predicted octanol–water partition coefficient (Wildman–Crippen LogP) is 13.7. The summed E-state index contributed by atoms with van der Waals surface area (Å²) >= 11 is 3.87. The van der Waals surface area contributed by atoms with E-state index in [4.69, 9.17) is 0 Å². The zero-order valence-corrected chi connectivity index (χ0v) is 26.5. The van der Waals surface area contributed by atoms with E-state index in [1.165, 1.54) is 95.3 Å². The summed E-state index contributed by atoms with van der Waals surface area (Å²) in [6, 6.07) is 58.3. The van der Waals surface area contributed by atoms with Crippen LogP contribution in [-0.4, -0.2) is 0 Å². The number of fused-ring (bicyclic) bond motifs is 8. The largest absolute Gasteiger partial charge is 0.134 e. The topological polar surface area (TPSA) is 0 Å². The van der Waals surface area contributed by atoms with Crippen LogP contribution in [0, 0.1) is 0 Å². The van der Waals surface area contributed by atoms with Crippen molar-refractivity contribution >= 4 is 84.6 Å². The fourth-order valence-electron chi connectivity index (χ4n) is 6.98. The number of rotatable bonds is 3. The van der Waals surface area contributed by atoms with E-state index in [1.54, 1.807) is 0 Å². The van der Waals surface area contributed by atoms with Gasteiger partial charge < -0.3 is 0 Å². The first-order chi connectivity index (χ1) is 22.7. The Morgan fingerprint density at radius 2 is 0.674 bits per heavy atom. The van der Waals surface area contributed by atoms with Gasteiger partial charge in [0.25, 0.3) is 0 Å². The van der Waals surface area contributed by atoms with E-state index in [1.807, 2.05) is 22.7 Å². The second-order valence-corrected chi connectivity index (χ2v) is 14.3. The first-order valence-corrected chi connectivity index (χ1v) is 17.3. The Bertz CT molecular complexity index is 2800. The highest BCUT2D eigenvalue weighted by atomic mass is 32.1. The molecule has 0 aliphatic rings. The monoisotopic (exact) mass is 618 g/mol. The van der Waals surface area contributed by atoms with Crippen LogP contribution >= 0.6 is 22.7 Å². The van der Waals surface area contributed by atoms with Crippen LogP contribution < -0.4 is 0 Å². The van der Waals surface area contributed by atoms with Gasteiger partial charge in [0.15, 0.2) is 0 Å². The van der Waals surface area contributed by atoms with Gasteiger partial charge in [0.05, 0.1) is 9.40 Å². The normalized spacial score (nSPS) is 11.9. The Morgan fingerprint density at radius 1 is 0.261 bits per heavy atom. The lowest BCUT2D eigenvalue weighted by Crippen LogP contribution is -1.84. The number of hydrogen-bond acceptors (Lipinski definition) is 2. The van der Waals surface area contributed by atoms with Gasteiger partial charge in [0, 0.05) is 20.2 Å². The van der Waals surface area contributed by atoms with Crippen molar-refractivity contribution in [1.82, 2.24) is 0 Å². The third kappa shape index (κ3) is 4.19. The molecule has 2 heteroatoms. The molecule has 0 radical (unpaired) electrons. The Hall–Kier alpha value is -5.28. The average Bonchev–Trinajstić information content (AvgIpc) is 3.64. The maximum atomic E-state index is 2.42. The second-order valence-electron chi connectivity index (χ2n) is 12.2. The highest BCUT2D eigenvalue weighted by Crippen LogP contribution is 2.46. The van der Waals surface area contributed by atoms with Crippen LogP contribution in [0.1, 0.15) is 0 Å². The van der Waals surface area contributed by atoms with Crippen molar-refractivity contribution in [3.8, 4) is 33.4 Å². The molecule has 0 saturated heterocycles. The van der Waals surface area contributed by atoms with Crippen molar-refractivity contribution in [2.45, 2.75) is 0 Å². The maximum Gasteiger partial charge on any atom is 0.0542 e. The van der Waals surface area contributed by atoms with Gasteiger partial charge in [0.2, 0.25) is 0 Å². The fraction of sp³-hybridized carbons (Fsp3) is 0. The van der Waals surface area contributed by atoms with Gasteiger partial charge in [-0.2, -0.15) is 0 Å². The standard InChI is InChI=1S/C44H26S2/c1-2-7-27(8-3-1)28-11-6-12-29(19-28)32-13-14-34-21-35(16-15-33(34)20-32)36-17-18-37-26-42-40(24-38(37)22-36)44-43(46-42)39-23-30-9-4-5-10-31(30)25-41(39)45-44/h1-26H. The summed E-state index contributed by atoms with van der Waals surface area (Å²) in [4.78, 5) is 0. The van der Waals surface area contributed by atoms with Gasteiger partial charge in [-0.1, -0.05) is 109 Å². The molecule has 10 rings (SSSR count). The Kier molecular flexibility index (Phi) is 5.72. The van der Waals surface area contributed by atoms with E-state index in [0.717, 1.165) is 0 Å². The minimum atomic E-state index is 1.24. The molecule has 0 unspecified atom stereocenters. The minimum Gasteiger partial charge on any atom is -0.134 e. The number of benzene rings is 8. The zero-order chi connectivity index (χ0) is 30.2. The summed E-state index contributed by atoms with van der Waals surface area (Å²) in [5.74, 6) is 0. The van der Waals surface area contributed by atoms with Crippen molar-refractivity contribution in [3.05, 3.63) is 158 Å². The van der Waals surface area contributed by atoms with Gasteiger partial charge in [0.1, 0.15) is 0 Å². The van der Waals surface area contributed by atoms with Gasteiger partial charge in [-0.25, -0.2) is 0 Å². The van der Waals surface area contributed by atoms with E-state index in [0.29, 0.717) is 0 Å². The second kappa shape index (κ2) is 10.1. The molecule has 0 atom stereocenters. The predicted molar refractivity (Wildman–Crippen MR) is 204 cm³/mol. The smallest absolute Gasteiger partial charge is 0.0542 e. The molecule has 0 aliphatic carbocycles. The van der Waals surface area contributed by atoms with Crippen LogP contribution in [0.2, 0.25) is 0 Å². The maximum absolute atomic E-state index is 2.42. The van der Waals surface area contributed by atoms with E-state index < -0.39 is 0 Å². The van der Waals surface area contributed by atoms with Gasteiger partial charge in [-0.15, -0.1) is 22.7 Å². The molecule has 0 amide bonds. The molecule has 46 heavy (non-hydrogen) atoms. The van der Waals surface area contributed by atoms with Crippen molar-refractivity contribution in [2.75, 3.05) is 0 Å². The highest BCUT2D eigenvalue weighted by molar-refractivity contribution is 7.36. The Balaban J connectivity index is 1.03. The molecule has 0 aliphatic heterocycles. The van der Waals surface area contributed by atoms with E-state index >= 15 is 0 Å². The van der Waals surface area contributed by atoms with Crippen molar-refractivity contribution in [2.24, 2.45) is 0 Å². The lowest BCUT2D eigenvalue weighted by molar-refractivity contribution is 1.60. The summed E-state index contributed by atoms with van der Waals surface area (Å²) in [6.45, 7) is 0. The van der Waals surface area contributed by atoms with Crippen LogP contribution in [0.4, 0.5) is 0 Å². The summed E-state index contributed by atoms with van der Waals surface area (Å²) in [5, 5.41) is 10.5. The molecule has 0 nitrogen and oxygen atoms in total. The van der Waals surface area contributed by atoms with Crippen LogP contribution in [0.15, 0.2) is 158 Å². The summed E-state index contributed by atoms with van der Waals surface area (Å²) in [6.07, 6.45) is 0. The van der Waals surface area contributed by atoms with E-state index in [9.17, 15) is 0 Å². The molecule has 2 heterocycles. The molecule has 0 fully saturated rings. The molecule has 8 aromatic carbocycles. The quantitative estimate of drug-likeness (QED) is 0.185. The lowest BCUT2D eigenvalue weighted by atomic mass is 9.95. The highest BCUT2D eigenvalue weighted by Gasteiger charge is 2.14. The number of hydrogen-bond donors (Lipinski definition) is 0. The molecule has 0 N–H and O–H groups in total. The number of thiophene rings is 2. The lowest BCUT2D eigenvalue weighted by Gasteiger charge is -2.09. The first-order valence-electron chi connectivity index (χ1n) is 15.6. The SMILES string of the molecule is c1ccc(-c2cccc(-c3ccc4cc(-c5ccc6cc7sc8c9cc%10ccccc%10cc9sc8c7cc6c5)ccc4c3)c2)cc1. The third-order valence-corrected chi connectivity index (χ3v) is 11.9. The zero-order valence-electron chi connectivity index (χ0n) is 24.8.